The van der Waals surface area contributed by atoms with Gasteiger partial charge in [-0.2, -0.15) is 0 Å². The van der Waals surface area contributed by atoms with E-state index in [0.29, 0.717) is 37.4 Å². The number of carboxylic acids is 1. The van der Waals surface area contributed by atoms with Gasteiger partial charge in [0, 0.05) is 35.2 Å². The molecule has 6 fully saturated rings. The maximum atomic E-state index is 11.8. The predicted molar refractivity (Wildman–Crippen MR) is 211 cm³/mol. The van der Waals surface area contributed by atoms with Crippen molar-refractivity contribution >= 4 is 38.1 Å². The molecular weight excluding hydrogens is 685 g/mol. The van der Waals surface area contributed by atoms with Gasteiger partial charge in [0.05, 0.1) is 18.8 Å². The summed E-state index contributed by atoms with van der Waals surface area (Å²) in [5.74, 6) is 4.54. The van der Waals surface area contributed by atoms with E-state index in [1.807, 2.05) is 0 Å². The summed E-state index contributed by atoms with van der Waals surface area (Å²) in [6, 6.07) is 2.32. The van der Waals surface area contributed by atoms with Gasteiger partial charge in [-0.05, 0) is 105 Å². The van der Waals surface area contributed by atoms with Gasteiger partial charge >= 0.3 is 11.9 Å². The summed E-state index contributed by atoms with van der Waals surface area (Å²) in [5, 5.41) is 20.5. The van der Waals surface area contributed by atoms with Crippen LogP contribution in [0.1, 0.15) is 90.9 Å². The summed E-state index contributed by atoms with van der Waals surface area (Å²) in [5.41, 5.74) is 0. The summed E-state index contributed by atoms with van der Waals surface area (Å²) in [7, 11) is -4.98. The van der Waals surface area contributed by atoms with Crippen LogP contribution >= 0.6 is 0 Å². The molecule has 0 amide bonds. The minimum atomic E-state index is -3.01. The number of nitrogens with one attached hydrogen (secondary N) is 2. The van der Waals surface area contributed by atoms with Gasteiger partial charge in [-0.25, -0.2) is 13.1 Å². The van der Waals surface area contributed by atoms with E-state index in [-0.39, 0.29) is 25.4 Å². The van der Waals surface area contributed by atoms with Gasteiger partial charge in [0.25, 0.3) is 0 Å². The van der Waals surface area contributed by atoms with E-state index in [0.717, 1.165) is 61.7 Å². The standard InChI is InChI=1S/C15H28O2Si.C9H14O2.C8H16N2O2S.C5H14OSi.CH4/c1-18(2,3)9-8-17-15(16)11-13-10-12-6-4-5-7-14(12)13;10-9(11)8-5-6-3-1-2-4-7(6)8;1-13(11,12)10-8-4-6-2-3-9-5-7(6)8;1-7(2,3)5-4-6;/h12-14H,4-11H2,1-3H3;6-8H,1-5H2,(H,10,11);6-10H,2-5H2,1H3;6H,4-5H2,1-3H3;1H4/t12-,13+,14-;2*6-,7-,8-;;/m111../s1. The van der Waals surface area contributed by atoms with Gasteiger partial charge in [-0.3, -0.25) is 9.59 Å². The second-order valence-corrected chi connectivity index (χ2v) is 31.5. The summed E-state index contributed by atoms with van der Waals surface area (Å²) in [4.78, 5) is 22.4. The molecule has 0 aromatic heterocycles. The Bertz CT molecular complexity index is 1140. The van der Waals surface area contributed by atoms with Crippen LogP contribution in [0.5, 0.6) is 0 Å². The maximum Gasteiger partial charge on any atom is 0.306 e. The maximum absolute atomic E-state index is 11.8. The molecule has 6 rings (SSSR count). The first-order valence-corrected chi connectivity index (χ1v) is 28.8. The topological polar surface area (TPSA) is 142 Å². The number of carboxylic acid groups (broad SMARTS) is 1. The van der Waals surface area contributed by atoms with E-state index in [4.69, 9.17) is 14.9 Å². The molecule has 1 aliphatic heterocycles. The molecule has 6 aliphatic rings. The number of aliphatic carboxylic acids is 1. The molecule has 0 spiro atoms. The highest BCUT2D eigenvalue weighted by Gasteiger charge is 2.46. The van der Waals surface area contributed by atoms with Crippen molar-refractivity contribution in [2.24, 2.45) is 47.3 Å². The molecule has 9 nitrogen and oxygen atoms in total. The van der Waals surface area contributed by atoms with Gasteiger partial charge in [-0.1, -0.05) is 85.2 Å². The molecule has 12 heteroatoms. The fourth-order valence-corrected chi connectivity index (χ4v) is 11.1. The second kappa shape index (κ2) is 20.6. The smallest absolute Gasteiger partial charge is 0.306 e. The summed E-state index contributed by atoms with van der Waals surface area (Å²) < 4.78 is 30.0. The molecule has 0 bridgehead atoms. The number of hydrogen-bond acceptors (Lipinski definition) is 7. The molecule has 5 saturated carbocycles. The number of fused-ring (bicyclic) bond motifs is 3. The van der Waals surface area contributed by atoms with Crippen molar-refractivity contribution in [3.05, 3.63) is 0 Å². The molecular formula is C38H76N2O7SSi2. The van der Waals surface area contributed by atoms with Crippen LogP contribution in [0.4, 0.5) is 0 Å². The van der Waals surface area contributed by atoms with Crippen LogP contribution in [0.2, 0.25) is 51.4 Å². The quantitative estimate of drug-likeness (QED) is 0.133. The van der Waals surface area contributed by atoms with Crippen molar-refractivity contribution in [3.8, 4) is 0 Å². The van der Waals surface area contributed by atoms with Gasteiger partial charge in [0.2, 0.25) is 10.0 Å². The number of esters is 1. The van der Waals surface area contributed by atoms with Gasteiger partial charge < -0.3 is 20.3 Å². The molecule has 0 aromatic carbocycles. The first-order chi connectivity index (χ1) is 22.9. The Morgan fingerprint density at radius 1 is 0.800 bits per heavy atom. The van der Waals surface area contributed by atoms with E-state index < -0.39 is 32.1 Å². The van der Waals surface area contributed by atoms with Crippen molar-refractivity contribution < 1.29 is 33.0 Å². The molecule has 4 N–H and O–H groups in total. The SMILES string of the molecule is C.CS(=O)(=O)N[C@@H]1C[C@H]2CCNC[C@H]21.C[Si](C)(C)CCO.C[Si](C)(C)CCOC(=O)C[C@@H]1C[C@H]2CCCC[C@H]21.O=C(O)[C@@H]1C[C@H]2CCCC[C@H]21. The number of sulfonamides is 1. The molecule has 5 aliphatic carbocycles. The number of aliphatic hydroxyl groups is 1. The van der Waals surface area contributed by atoms with Crippen LogP contribution < -0.4 is 10.0 Å². The lowest BCUT2D eigenvalue weighted by atomic mass is 9.58. The highest BCUT2D eigenvalue weighted by atomic mass is 32.2. The third-order valence-corrected chi connectivity index (χ3v) is 16.2. The molecule has 0 aromatic rings. The second-order valence-electron chi connectivity index (χ2n) is 18.5. The lowest BCUT2D eigenvalue weighted by Crippen LogP contribution is -2.58. The number of ether oxygens (including phenoxy) is 1. The van der Waals surface area contributed by atoms with E-state index in [1.165, 1.54) is 70.5 Å². The van der Waals surface area contributed by atoms with Crippen LogP contribution in [-0.2, 0) is 24.3 Å². The Kier molecular flexibility index (Phi) is 18.7. The van der Waals surface area contributed by atoms with Crippen LogP contribution in [0.15, 0.2) is 0 Å². The van der Waals surface area contributed by atoms with E-state index in [9.17, 15) is 18.0 Å². The average Bonchev–Trinajstić information content (AvgIpc) is 2.94. The van der Waals surface area contributed by atoms with Crippen molar-refractivity contribution in [1.29, 1.82) is 0 Å². The molecule has 0 radical (unpaired) electrons. The Morgan fingerprint density at radius 2 is 1.36 bits per heavy atom. The lowest BCUT2D eigenvalue weighted by Gasteiger charge is -2.47. The fourth-order valence-electron chi connectivity index (χ4n) is 8.90. The monoisotopic (exact) mass is 760 g/mol. The Hall–Kier alpha value is -0.796. The Labute approximate surface area is 308 Å². The lowest BCUT2D eigenvalue weighted by molar-refractivity contribution is -0.153. The Morgan fingerprint density at radius 3 is 1.84 bits per heavy atom. The van der Waals surface area contributed by atoms with Crippen LogP contribution in [0, 0.1) is 47.3 Å². The highest BCUT2D eigenvalue weighted by Crippen LogP contribution is 2.51. The zero-order valence-corrected chi connectivity index (χ0v) is 34.8. The zero-order chi connectivity index (χ0) is 36.4. The average molecular weight is 761 g/mol. The number of aliphatic hydroxyl groups excluding tert-OH is 1. The first kappa shape index (κ1) is 45.4. The van der Waals surface area contributed by atoms with Crippen LogP contribution in [0.25, 0.3) is 0 Å². The van der Waals surface area contributed by atoms with Crippen LogP contribution in [-0.4, -0.2) is 85.3 Å². The van der Waals surface area contributed by atoms with Crippen LogP contribution in [0.3, 0.4) is 0 Å². The molecule has 50 heavy (non-hydrogen) atoms. The van der Waals surface area contributed by atoms with Gasteiger partial charge in [0.15, 0.2) is 0 Å². The van der Waals surface area contributed by atoms with E-state index in [2.05, 4.69) is 49.3 Å². The number of carbonyl (C=O) groups excluding carboxylic acids is 1. The minimum Gasteiger partial charge on any atom is -0.481 e. The third-order valence-electron chi connectivity index (χ3n) is 12.1. The van der Waals surface area contributed by atoms with Crippen molar-refractivity contribution in [2.45, 2.75) is 148 Å². The molecule has 294 valence electrons. The number of carbonyl (C=O) groups is 2. The van der Waals surface area contributed by atoms with E-state index >= 15 is 0 Å². The summed E-state index contributed by atoms with van der Waals surface area (Å²) >= 11 is 0. The summed E-state index contributed by atoms with van der Waals surface area (Å²) in [6.07, 6.45) is 17.0. The van der Waals surface area contributed by atoms with Crippen molar-refractivity contribution in [3.63, 3.8) is 0 Å². The molecule has 1 saturated heterocycles. The molecule has 0 unspecified atom stereocenters. The summed E-state index contributed by atoms with van der Waals surface area (Å²) in [6.45, 7) is 16.8. The van der Waals surface area contributed by atoms with Crippen molar-refractivity contribution in [1.82, 2.24) is 10.0 Å². The fraction of sp³-hybridized carbons (Fsp3) is 0.947. The van der Waals surface area contributed by atoms with Gasteiger partial charge in [0.1, 0.15) is 0 Å². The highest BCUT2D eigenvalue weighted by molar-refractivity contribution is 7.88. The molecule has 1 heterocycles. The minimum absolute atomic E-state index is 0. The first-order valence-electron chi connectivity index (χ1n) is 19.5. The predicted octanol–water partition coefficient (Wildman–Crippen LogP) is 7.47. The zero-order valence-electron chi connectivity index (χ0n) is 32.0. The van der Waals surface area contributed by atoms with Crippen molar-refractivity contribution in [2.75, 3.05) is 32.6 Å². The number of rotatable bonds is 10. The Balaban J connectivity index is 0.000000241. The van der Waals surface area contributed by atoms with E-state index in [1.54, 1.807) is 0 Å². The molecule has 9 atom stereocenters. The number of piperidine rings is 1. The largest absolute Gasteiger partial charge is 0.481 e. The van der Waals surface area contributed by atoms with Gasteiger partial charge in [-0.15, -0.1) is 0 Å². The normalized spacial score (nSPS) is 32.5. The third kappa shape index (κ3) is 15.7. The number of hydrogen-bond donors (Lipinski definition) is 4.